The van der Waals surface area contributed by atoms with Gasteiger partial charge in [-0.1, -0.05) is 6.07 Å². The fraction of sp³-hybridized carbons (Fsp3) is 0.583. The Bertz CT molecular complexity index is 1040. The number of benzene rings is 1. The van der Waals surface area contributed by atoms with Crippen LogP contribution in [0.2, 0.25) is 0 Å². The molecule has 174 valence electrons. The van der Waals surface area contributed by atoms with Crippen LogP contribution in [0.3, 0.4) is 0 Å². The highest BCUT2D eigenvalue weighted by molar-refractivity contribution is 5.94. The second-order valence-electron chi connectivity index (χ2n) is 9.58. The normalized spacial score (nSPS) is 29.3. The predicted octanol–water partition coefficient (Wildman–Crippen LogP) is 0.160. The molecule has 0 aromatic heterocycles. The lowest BCUT2D eigenvalue weighted by molar-refractivity contribution is -0.141. The van der Waals surface area contributed by atoms with E-state index in [0.717, 1.165) is 36.8 Å². The van der Waals surface area contributed by atoms with Crippen molar-refractivity contribution in [3.63, 3.8) is 0 Å². The number of nitrogens with two attached hydrogens (primary N) is 1. The summed E-state index contributed by atoms with van der Waals surface area (Å²) in [5, 5.41) is 11.9. The van der Waals surface area contributed by atoms with Gasteiger partial charge in [0.25, 0.3) is 5.91 Å². The van der Waals surface area contributed by atoms with Gasteiger partial charge in [0.1, 0.15) is 6.04 Å². The predicted molar refractivity (Wildman–Crippen MR) is 120 cm³/mol. The highest BCUT2D eigenvalue weighted by Gasteiger charge is 2.53. The molecule has 0 spiro atoms. The second kappa shape index (κ2) is 8.43. The Labute approximate surface area is 193 Å². The lowest BCUT2D eigenvalue weighted by Gasteiger charge is -2.38. The molecule has 5 rings (SSSR count). The van der Waals surface area contributed by atoms with Crippen LogP contribution in [0, 0.1) is 11.3 Å². The van der Waals surface area contributed by atoms with Crippen LogP contribution in [-0.4, -0.2) is 83.3 Å². The van der Waals surface area contributed by atoms with Gasteiger partial charge in [0, 0.05) is 38.3 Å². The number of piperazine rings is 1. The first kappa shape index (κ1) is 21.9. The first-order chi connectivity index (χ1) is 15.9. The molecule has 1 aliphatic carbocycles. The Morgan fingerprint density at radius 1 is 1.30 bits per heavy atom. The Hall–Kier alpha value is -2.96. The van der Waals surface area contributed by atoms with E-state index in [4.69, 9.17) is 5.73 Å². The molecule has 1 unspecified atom stereocenters. The Kier molecular flexibility index (Phi) is 5.59. The molecule has 3 N–H and O–H groups in total. The lowest BCUT2D eigenvalue weighted by atomic mass is 10.0. The van der Waals surface area contributed by atoms with E-state index in [9.17, 15) is 19.6 Å². The van der Waals surface area contributed by atoms with Crippen molar-refractivity contribution < 1.29 is 14.4 Å². The van der Waals surface area contributed by atoms with Gasteiger partial charge in [-0.05, 0) is 55.4 Å². The number of nitrogens with zero attached hydrogens (tertiary/aromatic N) is 4. The van der Waals surface area contributed by atoms with E-state index in [2.05, 4.69) is 11.4 Å². The first-order valence-corrected chi connectivity index (χ1v) is 11.8. The summed E-state index contributed by atoms with van der Waals surface area (Å²) in [6.07, 6.45) is 4.00. The van der Waals surface area contributed by atoms with Crippen LogP contribution in [0.15, 0.2) is 18.2 Å². The largest absolute Gasteiger partial charge is 0.355 e. The van der Waals surface area contributed by atoms with Crippen molar-refractivity contribution in [3.8, 4) is 6.07 Å². The summed E-state index contributed by atoms with van der Waals surface area (Å²) in [6.45, 7) is 1.62. The van der Waals surface area contributed by atoms with Gasteiger partial charge < -0.3 is 20.9 Å². The molecule has 3 fully saturated rings. The van der Waals surface area contributed by atoms with Crippen LogP contribution in [-0.2, 0) is 16.0 Å². The monoisotopic (exact) mass is 450 g/mol. The highest BCUT2D eigenvalue weighted by Crippen LogP contribution is 2.44. The van der Waals surface area contributed by atoms with E-state index in [1.54, 1.807) is 11.9 Å². The maximum Gasteiger partial charge on any atom is 0.251 e. The maximum atomic E-state index is 13.3. The number of carbonyl (C=O) groups is 3. The van der Waals surface area contributed by atoms with Gasteiger partial charge in [0.05, 0.1) is 24.2 Å². The van der Waals surface area contributed by atoms with Crippen molar-refractivity contribution in [1.82, 2.24) is 20.0 Å². The topological polar surface area (TPSA) is 123 Å². The number of likely N-dealkylation sites (tertiary alicyclic amines) is 3. The van der Waals surface area contributed by atoms with Crippen molar-refractivity contribution in [1.29, 1.82) is 5.26 Å². The molecule has 1 aromatic rings. The molecule has 0 radical (unpaired) electrons. The fourth-order valence-corrected chi connectivity index (χ4v) is 6.18. The number of carbonyl (C=O) groups excluding carboxylic acids is 3. The molecule has 33 heavy (non-hydrogen) atoms. The average molecular weight is 451 g/mol. The number of nitrogens with one attached hydrogen (secondary N) is 1. The second-order valence-corrected chi connectivity index (χ2v) is 9.58. The van der Waals surface area contributed by atoms with Crippen LogP contribution in [0.1, 0.15) is 53.2 Å². The summed E-state index contributed by atoms with van der Waals surface area (Å²) in [6, 6.07) is 6.75. The van der Waals surface area contributed by atoms with Crippen LogP contribution in [0.4, 0.5) is 0 Å². The standard InChI is InChI=1S/C24H30N6O3/c1-27-22(31)15-4-6-18-14(9-15)5-7-20(18)30-17-10-21(24(30)33)28(12-17)13-19(26)23(32)29-8-2-3-16(29)11-25/h4,6,9,16-17,19-21H,2-3,5,7-8,10,12-13,26H2,1H3,(H,27,31)/t16-,17?,19-,20-,21+/m0/s1. The van der Waals surface area contributed by atoms with Crippen molar-refractivity contribution >= 4 is 17.7 Å². The zero-order valence-electron chi connectivity index (χ0n) is 18.9. The third-order valence-electron chi connectivity index (χ3n) is 7.76. The van der Waals surface area contributed by atoms with Crippen LogP contribution < -0.4 is 11.1 Å². The smallest absolute Gasteiger partial charge is 0.251 e. The summed E-state index contributed by atoms with van der Waals surface area (Å²) >= 11 is 0. The molecule has 1 aromatic carbocycles. The summed E-state index contributed by atoms with van der Waals surface area (Å²) in [5.74, 6) is -0.188. The van der Waals surface area contributed by atoms with E-state index in [1.807, 2.05) is 28.0 Å². The number of hydrogen-bond donors (Lipinski definition) is 2. The fourth-order valence-electron chi connectivity index (χ4n) is 6.18. The minimum Gasteiger partial charge on any atom is -0.355 e. The van der Waals surface area contributed by atoms with Gasteiger partial charge in [-0.3, -0.25) is 19.3 Å². The number of fused-ring (bicyclic) bond motifs is 3. The molecule has 0 saturated carbocycles. The van der Waals surface area contributed by atoms with E-state index < -0.39 is 6.04 Å². The minimum atomic E-state index is -0.727. The molecule has 3 aliphatic heterocycles. The van der Waals surface area contributed by atoms with E-state index in [0.29, 0.717) is 31.6 Å². The van der Waals surface area contributed by atoms with Crippen molar-refractivity contribution in [3.05, 3.63) is 34.9 Å². The Morgan fingerprint density at radius 2 is 2.12 bits per heavy atom. The molecule has 3 heterocycles. The van der Waals surface area contributed by atoms with Gasteiger partial charge in [0.15, 0.2) is 0 Å². The molecule has 9 nitrogen and oxygen atoms in total. The molecule has 9 heteroatoms. The van der Waals surface area contributed by atoms with Crippen LogP contribution >= 0.6 is 0 Å². The van der Waals surface area contributed by atoms with Crippen molar-refractivity contribution in [2.24, 2.45) is 5.73 Å². The number of hydrogen-bond acceptors (Lipinski definition) is 6. The zero-order chi connectivity index (χ0) is 23.3. The van der Waals surface area contributed by atoms with Gasteiger partial charge in [-0.25, -0.2) is 0 Å². The average Bonchev–Trinajstić information content (AvgIpc) is 3.60. The minimum absolute atomic E-state index is 0.0414. The number of amides is 3. The van der Waals surface area contributed by atoms with Crippen LogP contribution in [0.25, 0.3) is 0 Å². The molecule has 2 bridgehead atoms. The Morgan fingerprint density at radius 3 is 2.85 bits per heavy atom. The molecule has 3 saturated heterocycles. The summed E-state index contributed by atoms with van der Waals surface area (Å²) in [7, 11) is 1.62. The molecular formula is C24H30N6O3. The summed E-state index contributed by atoms with van der Waals surface area (Å²) in [4.78, 5) is 43.8. The Balaban J connectivity index is 1.25. The maximum absolute atomic E-state index is 13.3. The molecule has 5 atom stereocenters. The SMILES string of the molecule is CNC(=O)c1ccc2c(c1)CC[C@@H]2N1C(=O)[C@H]2CC1CN2C[C@H](N)C(=O)N1CCC[C@H]1C#N. The van der Waals surface area contributed by atoms with Gasteiger partial charge in [0.2, 0.25) is 11.8 Å². The van der Waals surface area contributed by atoms with E-state index in [-0.39, 0.29) is 41.9 Å². The quantitative estimate of drug-likeness (QED) is 0.659. The highest BCUT2D eigenvalue weighted by atomic mass is 16.2. The molecule has 4 aliphatic rings. The van der Waals surface area contributed by atoms with Crippen LogP contribution in [0.5, 0.6) is 0 Å². The number of nitriles is 1. The summed E-state index contributed by atoms with van der Waals surface area (Å²) < 4.78 is 0. The third-order valence-corrected chi connectivity index (χ3v) is 7.76. The molecular weight excluding hydrogens is 420 g/mol. The van der Waals surface area contributed by atoms with Gasteiger partial charge >= 0.3 is 0 Å². The van der Waals surface area contributed by atoms with Crippen molar-refractivity contribution in [2.75, 3.05) is 26.7 Å². The number of rotatable bonds is 5. The summed E-state index contributed by atoms with van der Waals surface area (Å²) in [5.41, 5.74) is 9.16. The third kappa shape index (κ3) is 3.58. The van der Waals surface area contributed by atoms with Crippen molar-refractivity contribution in [2.45, 2.75) is 62.3 Å². The van der Waals surface area contributed by atoms with E-state index in [1.165, 1.54) is 0 Å². The van der Waals surface area contributed by atoms with E-state index >= 15 is 0 Å². The van der Waals surface area contributed by atoms with Gasteiger partial charge in [-0.15, -0.1) is 0 Å². The lowest BCUT2D eigenvalue weighted by Crippen LogP contribution is -2.56. The first-order valence-electron chi connectivity index (χ1n) is 11.8. The van der Waals surface area contributed by atoms with Gasteiger partial charge in [-0.2, -0.15) is 5.26 Å². The number of aryl methyl sites for hydroxylation is 1. The molecule has 3 amide bonds. The zero-order valence-corrected chi connectivity index (χ0v) is 18.9.